The van der Waals surface area contributed by atoms with Crippen LogP contribution in [0.25, 0.3) is 5.65 Å². The fraction of sp³-hybridized carbons (Fsp3) is 0.400. The van der Waals surface area contributed by atoms with E-state index in [1.807, 2.05) is 36.4 Å². The van der Waals surface area contributed by atoms with Gasteiger partial charge in [-0.1, -0.05) is 32.9 Å². The number of fused-ring (bicyclic) bond motifs is 1. The normalized spacial score (nSPS) is 12.8. The molecule has 1 saturated heterocycles. The molecule has 0 unspecified atom stereocenters. The van der Waals surface area contributed by atoms with Crippen LogP contribution in [0.4, 0.5) is 38.0 Å². The van der Waals surface area contributed by atoms with E-state index in [4.69, 9.17) is 19.8 Å². The van der Waals surface area contributed by atoms with Crippen molar-refractivity contribution in [3.8, 4) is 0 Å². The van der Waals surface area contributed by atoms with E-state index in [0.29, 0.717) is 11.4 Å². The fourth-order valence-electron chi connectivity index (χ4n) is 3.36. The van der Waals surface area contributed by atoms with Crippen molar-refractivity contribution in [1.29, 1.82) is 0 Å². The molecule has 226 valence electrons. The summed E-state index contributed by atoms with van der Waals surface area (Å²) in [5.41, 5.74) is 2.60. The number of halogens is 6. The molecule has 0 radical (unpaired) electrons. The SMILES string of the molecule is CC(C)(C)c1ccc(C(=O)Nc2cn3nc(N4CCCC4)ccc3n2)cc1.FC(F)F.O=C(O)C(F)(F)F.O=CO. The lowest BCUT2D eigenvalue weighted by molar-refractivity contribution is -0.192. The Morgan fingerprint density at radius 3 is 1.93 bits per heavy atom. The number of hydrogen-bond acceptors (Lipinski definition) is 6. The highest BCUT2D eigenvalue weighted by molar-refractivity contribution is 6.03. The number of carbonyl (C=O) groups is 3. The molecular weight excluding hydrogens is 564 g/mol. The van der Waals surface area contributed by atoms with Crippen LogP contribution in [0.5, 0.6) is 0 Å². The lowest BCUT2D eigenvalue weighted by Crippen LogP contribution is -2.21. The van der Waals surface area contributed by atoms with Gasteiger partial charge in [-0.25, -0.2) is 14.3 Å². The van der Waals surface area contributed by atoms with E-state index in [1.54, 1.807) is 10.7 Å². The summed E-state index contributed by atoms with van der Waals surface area (Å²) in [7, 11) is 0. The van der Waals surface area contributed by atoms with Gasteiger partial charge in [0.05, 0.1) is 6.20 Å². The molecule has 3 heterocycles. The number of aliphatic carboxylic acids is 1. The van der Waals surface area contributed by atoms with Gasteiger partial charge in [-0.2, -0.15) is 26.3 Å². The summed E-state index contributed by atoms with van der Waals surface area (Å²) in [5, 5.41) is 21.5. The van der Waals surface area contributed by atoms with Crippen molar-refractivity contribution in [2.45, 2.75) is 51.9 Å². The quantitative estimate of drug-likeness (QED) is 0.272. The van der Waals surface area contributed by atoms with E-state index in [2.05, 4.69) is 41.1 Å². The van der Waals surface area contributed by atoms with Crippen LogP contribution in [0, 0.1) is 0 Å². The van der Waals surface area contributed by atoms with Gasteiger partial charge in [0.1, 0.15) is 5.82 Å². The van der Waals surface area contributed by atoms with Crippen LogP contribution in [0.2, 0.25) is 0 Å². The van der Waals surface area contributed by atoms with Crippen LogP contribution < -0.4 is 10.2 Å². The van der Waals surface area contributed by atoms with Gasteiger partial charge in [0.2, 0.25) is 0 Å². The maximum Gasteiger partial charge on any atom is 0.490 e. The number of carbonyl (C=O) groups excluding carboxylic acids is 1. The van der Waals surface area contributed by atoms with Gasteiger partial charge in [0.25, 0.3) is 12.4 Å². The van der Waals surface area contributed by atoms with Gasteiger partial charge in [-0.05, 0) is 48.1 Å². The van der Waals surface area contributed by atoms with Gasteiger partial charge < -0.3 is 20.4 Å². The van der Waals surface area contributed by atoms with Crippen LogP contribution >= 0.6 is 0 Å². The Hall–Kier alpha value is -4.37. The number of carboxylic acids is 1. The number of nitrogens with zero attached hydrogens (tertiary/aromatic N) is 4. The van der Waals surface area contributed by atoms with E-state index >= 15 is 0 Å². The second-order valence-corrected chi connectivity index (χ2v) is 9.25. The molecule has 0 atom stereocenters. The summed E-state index contributed by atoms with van der Waals surface area (Å²) in [6.07, 6.45) is -0.908. The molecule has 4 rings (SSSR count). The zero-order valence-corrected chi connectivity index (χ0v) is 22.2. The van der Waals surface area contributed by atoms with Gasteiger partial charge in [0.15, 0.2) is 11.5 Å². The third-order valence-electron chi connectivity index (χ3n) is 5.23. The highest BCUT2D eigenvalue weighted by Gasteiger charge is 2.38. The first-order valence-electron chi connectivity index (χ1n) is 11.8. The molecule has 41 heavy (non-hydrogen) atoms. The van der Waals surface area contributed by atoms with E-state index in [9.17, 15) is 31.1 Å². The standard InChI is InChI=1S/C21H25N5O.C2HF3O2.CHF3.CH2O2/c1-21(2,3)16-8-6-15(7-9-16)20(27)23-17-14-26-18(22-17)10-11-19(24-26)25-12-4-5-13-25;3-2(4,5)1(6)7;2-1(3)4;2-1-3/h6-11,14H,4-5,12-13H2,1-3H3,(H,23,27);(H,6,7);1H;1H,(H,2,3). The maximum absolute atomic E-state index is 12.5. The Morgan fingerprint density at radius 2 is 1.49 bits per heavy atom. The third-order valence-corrected chi connectivity index (χ3v) is 5.23. The van der Waals surface area contributed by atoms with E-state index in [-0.39, 0.29) is 17.8 Å². The van der Waals surface area contributed by atoms with Crippen molar-refractivity contribution in [1.82, 2.24) is 14.6 Å². The third kappa shape index (κ3) is 12.1. The number of alkyl halides is 6. The average molecular weight is 594 g/mol. The largest absolute Gasteiger partial charge is 0.490 e. The zero-order valence-electron chi connectivity index (χ0n) is 22.2. The molecule has 1 aliphatic heterocycles. The second-order valence-electron chi connectivity index (χ2n) is 9.25. The summed E-state index contributed by atoms with van der Waals surface area (Å²) in [5.74, 6) is -1.47. The number of carboxylic acid groups (broad SMARTS) is 2. The Morgan fingerprint density at radius 1 is 1.00 bits per heavy atom. The predicted molar refractivity (Wildman–Crippen MR) is 137 cm³/mol. The number of nitrogens with one attached hydrogen (secondary N) is 1. The van der Waals surface area contributed by atoms with Crippen LogP contribution in [-0.4, -0.2) is 69.1 Å². The fourth-order valence-corrected chi connectivity index (χ4v) is 3.36. The number of imidazole rings is 1. The molecule has 0 aliphatic carbocycles. The minimum atomic E-state index is -5.08. The molecule has 0 bridgehead atoms. The van der Waals surface area contributed by atoms with E-state index < -0.39 is 18.8 Å². The Kier molecular flexibility index (Phi) is 13.0. The van der Waals surface area contributed by atoms with Crippen molar-refractivity contribution in [2.75, 3.05) is 23.3 Å². The Labute approximate surface area is 230 Å². The molecule has 1 fully saturated rings. The minimum absolute atomic E-state index is 0.0648. The van der Waals surface area contributed by atoms with Crippen LogP contribution in [-0.2, 0) is 15.0 Å². The number of benzene rings is 1. The molecule has 3 N–H and O–H groups in total. The highest BCUT2D eigenvalue weighted by Crippen LogP contribution is 2.23. The summed E-state index contributed by atoms with van der Waals surface area (Å²) < 4.78 is 62.5. The van der Waals surface area contributed by atoms with Crippen molar-refractivity contribution in [3.63, 3.8) is 0 Å². The summed E-state index contributed by atoms with van der Waals surface area (Å²) in [4.78, 5) is 36.5. The van der Waals surface area contributed by atoms with E-state index in [0.717, 1.165) is 24.6 Å². The number of aromatic nitrogens is 3. The van der Waals surface area contributed by atoms with Crippen molar-refractivity contribution >= 4 is 35.6 Å². The Bertz CT molecular complexity index is 1270. The number of amides is 1. The predicted octanol–water partition coefficient (Wildman–Crippen LogP) is 5.39. The van der Waals surface area contributed by atoms with Gasteiger partial charge in [-0.3, -0.25) is 9.59 Å². The lowest BCUT2D eigenvalue weighted by atomic mass is 9.87. The van der Waals surface area contributed by atoms with Crippen LogP contribution in [0.15, 0.2) is 42.6 Å². The topological polar surface area (TPSA) is 137 Å². The van der Waals surface area contributed by atoms with Crippen LogP contribution in [0.1, 0.15) is 49.5 Å². The van der Waals surface area contributed by atoms with Gasteiger partial charge in [0, 0.05) is 18.7 Å². The molecule has 1 aliphatic rings. The molecule has 16 heteroatoms. The Balaban J connectivity index is 0.000000503. The molecule has 2 aromatic heterocycles. The summed E-state index contributed by atoms with van der Waals surface area (Å²) >= 11 is 0. The maximum atomic E-state index is 12.5. The smallest absolute Gasteiger partial charge is 0.483 e. The number of rotatable bonds is 3. The van der Waals surface area contributed by atoms with Gasteiger partial charge in [-0.15, -0.1) is 5.10 Å². The number of anilines is 2. The summed E-state index contributed by atoms with van der Waals surface area (Å²) in [6, 6.07) is 11.6. The van der Waals surface area contributed by atoms with Crippen molar-refractivity contribution in [3.05, 3.63) is 53.7 Å². The minimum Gasteiger partial charge on any atom is -0.483 e. The van der Waals surface area contributed by atoms with Crippen molar-refractivity contribution in [2.24, 2.45) is 0 Å². The molecule has 10 nitrogen and oxygen atoms in total. The van der Waals surface area contributed by atoms with Gasteiger partial charge >= 0.3 is 18.8 Å². The molecule has 0 spiro atoms. The first kappa shape index (κ1) is 34.7. The first-order valence-corrected chi connectivity index (χ1v) is 11.8. The highest BCUT2D eigenvalue weighted by atomic mass is 19.4. The molecule has 1 aromatic carbocycles. The molecule has 1 amide bonds. The zero-order chi connectivity index (χ0) is 31.4. The molecular formula is C25H29F6N5O5. The second kappa shape index (κ2) is 15.4. The first-order chi connectivity index (χ1) is 19.0. The van der Waals surface area contributed by atoms with Crippen LogP contribution in [0.3, 0.4) is 0 Å². The average Bonchev–Trinajstić information content (AvgIpc) is 3.53. The molecule has 0 saturated carbocycles. The van der Waals surface area contributed by atoms with E-state index in [1.165, 1.54) is 18.4 Å². The molecule has 3 aromatic rings. The lowest BCUT2D eigenvalue weighted by Gasteiger charge is -2.18. The monoisotopic (exact) mass is 593 g/mol. The van der Waals surface area contributed by atoms with Crippen molar-refractivity contribution < 1.29 is 50.9 Å². The number of hydrogen-bond donors (Lipinski definition) is 3. The summed E-state index contributed by atoms with van der Waals surface area (Å²) in [6.45, 7) is 4.63.